The summed E-state index contributed by atoms with van der Waals surface area (Å²) in [4.78, 5) is 21.7. The minimum Gasteiger partial charge on any atom is -0.463 e. The van der Waals surface area contributed by atoms with E-state index >= 15 is 0 Å². The molecule has 166 valence electrons. The van der Waals surface area contributed by atoms with E-state index in [1.807, 2.05) is 0 Å². The van der Waals surface area contributed by atoms with Crippen molar-refractivity contribution in [1.82, 2.24) is 0 Å². The van der Waals surface area contributed by atoms with Crippen molar-refractivity contribution in [2.45, 2.75) is 116 Å². The quantitative estimate of drug-likeness (QED) is 0.196. The second-order valence-corrected chi connectivity index (χ2v) is 7.61. The molecule has 0 fully saturated rings. The number of aliphatic hydroxyl groups excluding tert-OH is 1. The SMILES string of the molecule is CCCCCCCCCCCCCCCCCC(=O)OCC(O)COC(=O)O. The van der Waals surface area contributed by atoms with Crippen LogP contribution in [0.3, 0.4) is 0 Å². The van der Waals surface area contributed by atoms with Gasteiger partial charge in [0, 0.05) is 6.42 Å². The van der Waals surface area contributed by atoms with Crippen molar-refractivity contribution in [3.05, 3.63) is 0 Å². The van der Waals surface area contributed by atoms with Crippen molar-refractivity contribution >= 4 is 12.1 Å². The van der Waals surface area contributed by atoms with E-state index < -0.39 is 12.3 Å². The van der Waals surface area contributed by atoms with Crippen LogP contribution in [0.4, 0.5) is 4.79 Å². The van der Waals surface area contributed by atoms with Crippen molar-refractivity contribution in [2.75, 3.05) is 13.2 Å². The van der Waals surface area contributed by atoms with Gasteiger partial charge in [-0.1, -0.05) is 96.8 Å². The molecule has 0 spiro atoms. The summed E-state index contributed by atoms with van der Waals surface area (Å²) in [6.07, 6.45) is 16.9. The van der Waals surface area contributed by atoms with E-state index in [2.05, 4.69) is 11.7 Å². The molecule has 1 unspecified atom stereocenters. The number of carbonyl (C=O) groups is 2. The summed E-state index contributed by atoms with van der Waals surface area (Å²) in [6.45, 7) is 1.64. The molecule has 0 aliphatic carbocycles. The highest BCUT2D eigenvalue weighted by Crippen LogP contribution is 2.13. The average molecular weight is 403 g/mol. The normalized spacial score (nSPS) is 11.9. The van der Waals surface area contributed by atoms with Crippen LogP contribution in [0.1, 0.15) is 110 Å². The number of carbonyl (C=O) groups excluding carboxylic acids is 1. The number of hydrogen-bond donors (Lipinski definition) is 2. The van der Waals surface area contributed by atoms with Crippen molar-refractivity contribution in [1.29, 1.82) is 0 Å². The van der Waals surface area contributed by atoms with Gasteiger partial charge in [0.25, 0.3) is 0 Å². The van der Waals surface area contributed by atoms with Gasteiger partial charge in [-0.3, -0.25) is 4.79 Å². The number of rotatable bonds is 20. The van der Waals surface area contributed by atoms with Crippen LogP contribution in [-0.4, -0.2) is 41.7 Å². The first-order valence-corrected chi connectivity index (χ1v) is 11.3. The topological polar surface area (TPSA) is 93.1 Å². The molecular formula is C22H42O6. The Kier molecular flexibility index (Phi) is 19.5. The molecule has 0 saturated carbocycles. The molecule has 2 N–H and O–H groups in total. The minimum atomic E-state index is -1.46. The maximum absolute atomic E-state index is 11.5. The van der Waals surface area contributed by atoms with Crippen molar-refractivity contribution < 1.29 is 29.3 Å². The lowest BCUT2D eigenvalue weighted by Gasteiger charge is -2.10. The van der Waals surface area contributed by atoms with Crippen LogP contribution in [0.25, 0.3) is 0 Å². The highest BCUT2D eigenvalue weighted by atomic mass is 16.7. The molecule has 0 aliphatic heterocycles. The van der Waals surface area contributed by atoms with Crippen LogP contribution >= 0.6 is 0 Å². The predicted molar refractivity (Wildman–Crippen MR) is 110 cm³/mol. The third-order valence-corrected chi connectivity index (χ3v) is 4.82. The van der Waals surface area contributed by atoms with E-state index in [1.54, 1.807) is 0 Å². The number of hydrogen-bond acceptors (Lipinski definition) is 5. The summed E-state index contributed by atoms with van der Waals surface area (Å²) in [7, 11) is 0. The average Bonchev–Trinajstić information content (AvgIpc) is 2.67. The van der Waals surface area contributed by atoms with Gasteiger partial charge in [0.05, 0.1) is 0 Å². The van der Waals surface area contributed by atoms with Gasteiger partial charge >= 0.3 is 12.1 Å². The Bertz CT molecular complexity index is 372. The summed E-state index contributed by atoms with van der Waals surface area (Å²) in [6, 6.07) is 0. The van der Waals surface area contributed by atoms with Crippen LogP contribution in [0.2, 0.25) is 0 Å². The van der Waals surface area contributed by atoms with Gasteiger partial charge in [-0.15, -0.1) is 0 Å². The largest absolute Gasteiger partial charge is 0.505 e. The van der Waals surface area contributed by atoms with Gasteiger partial charge in [0.1, 0.15) is 19.3 Å². The fourth-order valence-electron chi connectivity index (χ4n) is 3.12. The van der Waals surface area contributed by atoms with Crippen LogP contribution in [-0.2, 0) is 14.3 Å². The van der Waals surface area contributed by atoms with Gasteiger partial charge in [0.2, 0.25) is 0 Å². The first kappa shape index (κ1) is 26.7. The molecule has 0 radical (unpaired) electrons. The van der Waals surface area contributed by atoms with Crippen LogP contribution in [0, 0.1) is 0 Å². The first-order valence-electron chi connectivity index (χ1n) is 11.3. The smallest absolute Gasteiger partial charge is 0.463 e. The molecule has 6 heteroatoms. The molecule has 28 heavy (non-hydrogen) atoms. The predicted octanol–water partition coefficient (Wildman–Crippen LogP) is 5.85. The summed E-state index contributed by atoms with van der Waals surface area (Å²) in [5.74, 6) is -0.357. The summed E-state index contributed by atoms with van der Waals surface area (Å²) in [5.41, 5.74) is 0. The zero-order valence-electron chi connectivity index (χ0n) is 17.8. The van der Waals surface area contributed by atoms with Gasteiger partial charge in [-0.25, -0.2) is 4.79 Å². The Morgan fingerprint density at radius 2 is 1.07 bits per heavy atom. The summed E-state index contributed by atoms with van der Waals surface area (Å²) in [5, 5.41) is 17.7. The van der Waals surface area contributed by atoms with E-state index in [0.29, 0.717) is 6.42 Å². The highest BCUT2D eigenvalue weighted by Gasteiger charge is 2.11. The summed E-state index contributed by atoms with van der Waals surface area (Å²) >= 11 is 0. The highest BCUT2D eigenvalue weighted by molar-refractivity contribution is 5.69. The molecule has 0 amide bonds. The van der Waals surface area contributed by atoms with Crippen molar-refractivity contribution in [2.24, 2.45) is 0 Å². The molecule has 0 bridgehead atoms. The number of aliphatic hydroxyl groups is 1. The lowest BCUT2D eigenvalue weighted by molar-refractivity contribution is -0.147. The van der Waals surface area contributed by atoms with Crippen LogP contribution < -0.4 is 0 Å². The monoisotopic (exact) mass is 402 g/mol. The molecule has 0 rings (SSSR count). The standard InChI is InChI=1S/C22H42O6/c1-2-3-4-5-6-7-8-9-10-11-12-13-14-15-16-17-21(24)27-18-20(23)19-28-22(25)26/h20,23H,2-19H2,1H3,(H,25,26). The zero-order chi connectivity index (χ0) is 20.9. The fourth-order valence-corrected chi connectivity index (χ4v) is 3.12. The van der Waals surface area contributed by atoms with Crippen LogP contribution in [0.15, 0.2) is 0 Å². The fraction of sp³-hybridized carbons (Fsp3) is 0.909. The molecule has 0 aromatic carbocycles. The van der Waals surface area contributed by atoms with Gasteiger partial charge in [-0.2, -0.15) is 0 Å². The lowest BCUT2D eigenvalue weighted by atomic mass is 10.0. The van der Waals surface area contributed by atoms with E-state index in [1.165, 1.54) is 77.0 Å². The second-order valence-electron chi connectivity index (χ2n) is 7.61. The van der Waals surface area contributed by atoms with Gasteiger partial charge in [0.15, 0.2) is 0 Å². The molecular weight excluding hydrogens is 360 g/mol. The van der Waals surface area contributed by atoms with Gasteiger partial charge in [-0.05, 0) is 6.42 Å². The van der Waals surface area contributed by atoms with Crippen molar-refractivity contribution in [3.8, 4) is 0 Å². The molecule has 0 aromatic rings. The lowest BCUT2D eigenvalue weighted by Crippen LogP contribution is -2.24. The zero-order valence-corrected chi connectivity index (χ0v) is 17.8. The third-order valence-electron chi connectivity index (χ3n) is 4.82. The first-order chi connectivity index (χ1) is 13.6. The summed E-state index contributed by atoms with van der Waals surface area (Å²) < 4.78 is 9.10. The van der Waals surface area contributed by atoms with Gasteiger partial charge < -0.3 is 19.7 Å². The van der Waals surface area contributed by atoms with Crippen LogP contribution in [0.5, 0.6) is 0 Å². The minimum absolute atomic E-state index is 0.231. The maximum Gasteiger partial charge on any atom is 0.505 e. The number of carboxylic acid groups (broad SMARTS) is 1. The second kappa shape index (κ2) is 20.4. The Labute approximate surface area is 171 Å². The Morgan fingerprint density at radius 3 is 1.50 bits per heavy atom. The molecule has 0 heterocycles. The maximum atomic E-state index is 11.5. The van der Waals surface area contributed by atoms with E-state index in [0.717, 1.165) is 19.3 Å². The Hall–Kier alpha value is -1.30. The molecule has 1 atom stereocenters. The van der Waals surface area contributed by atoms with E-state index in [4.69, 9.17) is 9.84 Å². The number of ether oxygens (including phenoxy) is 2. The number of unbranched alkanes of at least 4 members (excludes halogenated alkanes) is 14. The van der Waals surface area contributed by atoms with E-state index in [9.17, 15) is 14.7 Å². The Morgan fingerprint density at radius 1 is 0.679 bits per heavy atom. The molecule has 0 aliphatic rings. The molecule has 0 saturated heterocycles. The third kappa shape index (κ3) is 21.0. The molecule has 6 nitrogen and oxygen atoms in total. The Balaban J connectivity index is 3.24. The van der Waals surface area contributed by atoms with Crippen molar-refractivity contribution in [3.63, 3.8) is 0 Å². The molecule has 0 aromatic heterocycles. The number of esters is 1. The van der Waals surface area contributed by atoms with E-state index in [-0.39, 0.29) is 19.2 Å².